The largest absolute Gasteiger partial charge is 0.480 e. The number of hydrogen-bond donors (Lipinski definition) is 0. The molecule has 0 N–H and O–H groups in total. The summed E-state index contributed by atoms with van der Waals surface area (Å²) in [6.07, 6.45) is 2.11. The molecule has 0 radical (unpaired) electrons. The molecule has 4 aromatic rings. The number of aromatic nitrogens is 2. The topological polar surface area (TPSA) is 56.5 Å². The molecule has 0 atom stereocenters. The van der Waals surface area contributed by atoms with Gasteiger partial charge in [-0.05, 0) is 70.6 Å². The lowest BCUT2D eigenvalue weighted by Crippen LogP contribution is -2.20. The predicted molar refractivity (Wildman–Crippen MR) is 133 cm³/mol. The summed E-state index contributed by atoms with van der Waals surface area (Å²) in [4.78, 5) is 17.7. The second-order valence-corrected chi connectivity index (χ2v) is 8.24. The highest BCUT2D eigenvalue weighted by molar-refractivity contribution is 14.1. The number of halogens is 4. The maximum Gasteiger partial charge on any atom is 0.416 e. The van der Waals surface area contributed by atoms with Crippen LogP contribution in [0.2, 0.25) is 0 Å². The summed E-state index contributed by atoms with van der Waals surface area (Å²) in [5.41, 5.74) is -0.233. The molecule has 0 amide bonds. The van der Waals surface area contributed by atoms with Crippen molar-refractivity contribution in [1.82, 2.24) is 9.66 Å². The lowest BCUT2D eigenvalue weighted by Gasteiger charge is -2.12. The maximum atomic E-state index is 13.3. The van der Waals surface area contributed by atoms with Crippen molar-refractivity contribution in [2.24, 2.45) is 5.10 Å². The Morgan fingerprint density at radius 3 is 2.65 bits per heavy atom. The van der Waals surface area contributed by atoms with Gasteiger partial charge in [0, 0.05) is 5.56 Å². The molecule has 1 aromatic heterocycles. The molecular formula is C25H15F3IN3O2. The lowest BCUT2D eigenvalue weighted by molar-refractivity contribution is -0.137. The van der Waals surface area contributed by atoms with Gasteiger partial charge in [-0.25, -0.2) is 4.98 Å². The van der Waals surface area contributed by atoms with Crippen LogP contribution in [0.5, 0.6) is 5.75 Å². The zero-order chi connectivity index (χ0) is 24.3. The Hall–Kier alpha value is -3.65. The van der Waals surface area contributed by atoms with Crippen molar-refractivity contribution < 1.29 is 17.9 Å². The minimum Gasteiger partial charge on any atom is -0.480 e. The Bertz CT molecular complexity index is 1500. The van der Waals surface area contributed by atoms with Crippen LogP contribution in [-0.2, 0) is 6.18 Å². The average Bonchev–Trinajstić information content (AvgIpc) is 2.82. The summed E-state index contributed by atoms with van der Waals surface area (Å²) in [6, 6.07) is 16.4. The van der Waals surface area contributed by atoms with E-state index in [0.717, 1.165) is 20.4 Å². The molecule has 0 saturated heterocycles. The molecule has 5 nitrogen and oxygen atoms in total. The van der Waals surface area contributed by atoms with Crippen LogP contribution in [0.4, 0.5) is 13.2 Å². The zero-order valence-electron chi connectivity index (χ0n) is 17.4. The number of fused-ring (bicyclic) bond motifs is 1. The normalized spacial score (nSPS) is 11.6. The zero-order valence-corrected chi connectivity index (χ0v) is 19.5. The Morgan fingerprint density at radius 1 is 1.12 bits per heavy atom. The van der Waals surface area contributed by atoms with E-state index in [9.17, 15) is 18.0 Å². The summed E-state index contributed by atoms with van der Waals surface area (Å²) in [7, 11) is 0. The molecule has 9 heteroatoms. The van der Waals surface area contributed by atoms with Crippen molar-refractivity contribution >= 4 is 39.7 Å². The molecule has 0 unspecified atom stereocenters. The number of terminal acetylenes is 1. The number of rotatable bonds is 5. The third-order valence-electron chi connectivity index (χ3n) is 4.79. The molecule has 0 saturated carbocycles. The van der Waals surface area contributed by atoms with Gasteiger partial charge >= 0.3 is 6.18 Å². The first kappa shape index (κ1) is 23.5. The van der Waals surface area contributed by atoms with Gasteiger partial charge in [0.2, 0.25) is 0 Å². The molecule has 0 bridgehead atoms. The fourth-order valence-corrected chi connectivity index (χ4v) is 3.91. The van der Waals surface area contributed by atoms with E-state index in [0.29, 0.717) is 22.2 Å². The van der Waals surface area contributed by atoms with Crippen molar-refractivity contribution in [3.05, 3.63) is 91.8 Å². The minimum absolute atomic E-state index is 0.00489. The Balaban J connectivity index is 1.84. The molecule has 0 aliphatic rings. The Kier molecular flexibility index (Phi) is 6.70. The predicted octanol–water partition coefficient (Wildman–Crippen LogP) is 5.58. The number of benzene rings is 3. The Morgan fingerprint density at radius 2 is 1.91 bits per heavy atom. The van der Waals surface area contributed by atoms with E-state index in [1.54, 1.807) is 42.5 Å². The summed E-state index contributed by atoms with van der Waals surface area (Å²) < 4.78 is 47.1. The molecule has 170 valence electrons. The first-order valence-electron chi connectivity index (χ1n) is 9.87. The van der Waals surface area contributed by atoms with Crippen LogP contribution < -0.4 is 10.3 Å². The second-order valence-electron chi connectivity index (χ2n) is 7.08. The third-order valence-corrected chi connectivity index (χ3v) is 5.63. The van der Waals surface area contributed by atoms with E-state index in [-0.39, 0.29) is 18.0 Å². The standard InChI is InChI=1S/C25H15F3IN3O2/c1-2-12-34-22-11-10-16(13-20(22)29)15-30-32-23(17-6-5-7-18(14-17)25(26,27)28)31-21-9-4-3-8-19(21)24(32)33/h1,3-11,13-15H,12H2. The smallest absolute Gasteiger partial charge is 0.416 e. The second kappa shape index (κ2) is 9.69. The van der Waals surface area contributed by atoms with E-state index in [2.05, 4.69) is 38.6 Å². The van der Waals surface area contributed by atoms with E-state index in [4.69, 9.17) is 11.2 Å². The van der Waals surface area contributed by atoms with Crippen molar-refractivity contribution in [3.63, 3.8) is 0 Å². The monoisotopic (exact) mass is 573 g/mol. The molecule has 3 aromatic carbocycles. The van der Waals surface area contributed by atoms with Crippen LogP contribution in [0, 0.1) is 15.9 Å². The number of nitrogens with zero attached hydrogens (tertiary/aromatic N) is 3. The van der Waals surface area contributed by atoms with E-state index in [1.807, 2.05) is 0 Å². The SMILES string of the molecule is C#CCOc1ccc(C=Nn2c(-c3cccc(C(F)(F)F)c3)nc3ccccc3c2=O)cc1I. The first-order chi connectivity index (χ1) is 16.3. The van der Waals surface area contributed by atoms with Crippen LogP contribution in [0.1, 0.15) is 11.1 Å². The maximum absolute atomic E-state index is 13.3. The highest BCUT2D eigenvalue weighted by atomic mass is 127. The molecule has 34 heavy (non-hydrogen) atoms. The van der Waals surface area contributed by atoms with Gasteiger partial charge in [-0.15, -0.1) is 6.42 Å². The van der Waals surface area contributed by atoms with Gasteiger partial charge in [0.25, 0.3) is 5.56 Å². The lowest BCUT2D eigenvalue weighted by atomic mass is 10.1. The van der Waals surface area contributed by atoms with E-state index < -0.39 is 17.3 Å². The Labute approximate surface area is 206 Å². The fraction of sp³-hybridized carbons (Fsp3) is 0.0800. The van der Waals surface area contributed by atoms with Crippen molar-refractivity contribution in [2.45, 2.75) is 6.18 Å². The average molecular weight is 573 g/mol. The first-order valence-corrected chi connectivity index (χ1v) is 11.0. The molecular weight excluding hydrogens is 558 g/mol. The third kappa shape index (κ3) is 4.97. The van der Waals surface area contributed by atoms with Gasteiger partial charge in [0.15, 0.2) is 5.82 Å². The molecule has 0 aliphatic carbocycles. The summed E-state index contributed by atoms with van der Waals surface area (Å²) in [5, 5.41) is 4.58. The molecule has 4 rings (SSSR count). The quantitative estimate of drug-likeness (QED) is 0.178. The molecule has 0 fully saturated rings. The van der Waals surface area contributed by atoms with Crippen LogP contribution in [0.25, 0.3) is 22.3 Å². The number of hydrogen-bond acceptors (Lipinski definition) is 4. The number of ether oxygens (including phenoxy) is 1. The van der Waals surface area contributed by atoms with Gasteiger partial charge < -0.3 is 4.74 Å². The van der Waals surface area contributed by atoms with Crippen molar-refractivity contribution in [2.75, 3.05) is 6.61 Å². The molecule has 1 heterocycles. The number of para-hydroxylation sites is 1. The highest BCUT2D eigenvalue weighted by Crippen LogP contribution is 2.32. The van der Waals surface area contributed by atoms with E-state index in [1.165, 1.54) is 18.3 Å². The van der Waals surface area contributed by atoms with Crippen LogP contribution >= 0.6 is 22.6 Å². The van der Waals surface area contributed by atoms with Gasteiger partial charge in [-0.3, -0.25) is 4.79 Å². The van der Waals surface area contributed by atoms with Gasteiger partial charge in [0.05, 0.1) is 26.3 Å². The summed E-state index contributed by atoms with van der Waals surface area (Å²) in [6.45, 7) is 0.127. The summed E-state index contributed by atoms with van der Waals surface area (Å²) in [5.74, 6) is 2.99. The van der Waals surface area contributed by atoms with Crippen LogP contribution in [-0.4, -0.2) is 22.5 Å². The molecule has 0 aliphatic heterocycles. The van der Waals surface area contributed by atoms with E-state index >= 15 is 0 Å². The van der Waals surface area contributed by atoms with Crippen LogP contribution in [0.15, 0.2) is 76.6 Å². The van der Waals surface area contributed by atoms with Gasteiger partial charge in [-0.1, -0.05) is 30.2 Å². The highest BCUT2D eigenvalue weighted by Gasteiger charge is 2.30. The van der Waals surface area contributed by atoms with Crippen molar-refractivity contribution in [3.8, 4) is 29.5 Å². The number of alkyl halides is 3. The fourth-order valence-electron chi connectivity index (χ4n) is 3.21. The summed E-state index contributed by atoms with van der Waals surface area (Å²) >= 11 is 2.08. The molecule has 0 spiro atoms. The van der Waals surface area contributed by atoms with Crippen molar-refractivity contribution in [1.29, 1.82) is 0 Å². The van der Waals surface area contributed by atoms with Crippen LogP contribution in [0.3, 0.4) is 0 Å². The van der Waals surface area contributed by atoms with Gasteiger partial charge in [0.1, 0.15) is 12.4 Å². The van der Waals surface area contributed by atoms with Gasteiger partial charge in [-0.2, -0.15) is 22.9 Å². The minimum atomic E-state index is -4.54.